The average Bonchev–Trinajstić information content (AvgIpc) is 3.02. The first-order chi connectivity index (χ1) is 12.6. The molecule has 0 bridgehead atoms. The lowest BCUT2D eigenvalue weighted by Gasteiger charge is -2.35. The Kier molecular flexibility index (Phi) is 5.60. The van der Waals surface area contributed by atoms with Crippen LogP contribution < -0.4 is 20.7 Å². The summed E-state index contributed by atoms with van der Waals surface area (Å²) in [5, 5.41) is 8.36. The zero-order valence-electron chi connectivity index (χ0n) is 14.8. The number of nitrogens with one attached hydrogen (secondary N) is 3. The molecular formula is C18H24N4O4. The lowest BCUT2D eigenvalue weighted by Crippen LogP contribution is -2.50. The monoisotopic (exact) mass is 360 g/mol. The van der Waals surface area contributed by atoms with Crippen LogP contribution in [0, 0.1) is 5.92 Å². The van der Waals surface area contributed by atoms with E-state index in [9.17, 15) is 14.4 Å². The van der Waals surface area contributed by atoms with Crippen molar-refractivity contribution in [2.75, 3.05) is 31.6 Å². The van der Waals surface area contributed by atoms with Gasteiger partial charge < -0.3 is 25.6 Å². The Balaban J connectivity index is 1.54. The summed E-state index contributed by atoms with van der Waals surface area (Å²) in [7, 11) is 0. The first kappa shape index (κ1) is 18.0. The van der Waals surface area contributed by atoms with Gasteiger partial charge in [0.15, 0.2) is 6.61 Å². The first-order valence-corrected chi connectivity index (χ1v) is 8.93. The molecule has 0 radical (unpaired) electrons. The zero-order chi connectivity index (χ0) is 18.5. The predicted octanol–water partition coefficient (Wildman–Crippen LogP) is 0.944. The van der Waals surface area contributed by atoms with Gasteiger partial charge in [0.2, 0.25) is 5.91 Å². The summed E-state index contributed by atoms with van der Waals surface area (Å²) in [5.41, 5.74) is 0.639. The molecule has 140 valence electrons. The van der Waals surface area contributed by atoms with Gasteiger partial charge in [0.25, 0.3) is 5.91 Å². The second-order valence-electron chi connectivity index (χ2n) is 6.45. The average molecular weight is 360 g/mol. The summed E-state index contributed by atoms with van der Waals surface area (Å²) in [6, 6.07) is 6.58. The Morgan fingerprint density at radius 2 is 2.08 bits per heavy atom. The van der Waals surface area contributed by atoms with Crippen LogP contribution in [-0.4, -0.2) is 55.0 Å². The SMILES string of the molecule is CCNC(=O)COc1ccc(NC(=O)N2CCC[C@H]3C(=O)NC[C@H]32)cc1. The number of carbonyl (C=O) groups is 3. The molecule has 0 unspecified atom stereocenters. The van der Waals surface area contributed by atoms with Crippen LogP contribution in [0.4, 0.5) is 10.5 Å². The Bertz CT molecular complexity index is 676. The Morgan fingerprint density at radius 3 is 2.81 bits per heavy atom. The summed E-state index contributed by atoms with van der Waals surface area (Å²) in [6.07, 6.45) is 1.66. The molecule has 1 aromatic rings. The minimum atomic E-state index is -0.202. The number of amides is 4. The van der Waals surface area contributed by atoms with Crippen molar-refractivity contribution in [1.82, 2.24) is 15.5 Å². The molecular weight excluding hydrogens is 336 g/mol. The van der Waals surface area contributed by atoms with Crippen LogP contribution in [0.3, 0.4) is 0 Å². The number of likely N-dealkylation sites (N-methyl/N-ethyl adjacent to an activating group) is 1. The molecule has 2 atom stereocenters. The molecule has 8 heteroatoms. The molecule has 0 spiro atoms. The van der Waals surface area contributed by atoms with Gasteiger partial charge in [-0.05, 0) is 44.0 Å². The summed E-state index contributed by atoms with van der Waals surface area (Å²) >= 11 is 0. The van der Waals surface area contributed by atoms with Gasteiger partial charge in [0.05, 0.1) is 12.0 Å². The number of urea groups is 1. The maximum atomic E-state index is 12.6. The van der Waals surface area contributed by atoms with Crippen molar-refractivity contribution >= 4 is 23.5 Å². The molecule has 0 aromatic heterocycles. The number of hydrogen-bond acceptors (Lipinski definition) is 4. The molecule has 2 saturated heterocycles. The highest BCUT2D eigenvalue weighted by Gasteiger charge is 2.42. The largest absolute Gasteiger partial charge is 0.484 e. The van der Waals surface area contributed by atoms with Crippen LogP contribution in [-0.2, 0) is 9.59 Å². The van der Waals surface area contributed by atoms with Gasteiger partial charge in [0, 0.05) is 25.3 Å². The van der Waals surface area contributed by atoms with Crippen molar-refractivity contribution in [3.05, 3.63) is 24.3 Å². The minimum absolute atomic E-state index is 0.0427. The molecule has 2 heterocycles. The number of ether oxygens (including phenoxy) is 1. The van der Waals surface area contributed by atoms with Crippen molar-refractivity contribution in [3.8, 4) is 5.75 Å². The second kappa shape index (κ2) is 8.07. The molecule has 2 aliphatic heterocycles. The summed E-state index contributed by atoms with van der Waals surface area (Å²) in [5.74, 6) is 0.322. The fourth-order valence-corrected chi connectivity index (χ4v) is 3.43. The van der Waals surface area contributed by atoms with Crippen LogP contribution in [0.1, 0.15) is 19.8 Å². The highest BCUT2D eigenvalue weighted by atomic mass is 16.5. The van der Waals surface area contributed by atoms with E-state index in [0.29, 0.717) is 31.1 Å². The number of carbonyl (C=O) groups excluding carboxylic acids is 3. The molecule has 1 aromatic carbocycles. The number of anilines is 1. The predicted molar refractivity (Wildman–Crippen MR) is 95.9 cm³/mol. The number of nitrogens with zero attached hydrogens (tertiary/aromatic N) is 1. The highest BCUT2D eigenvalue weighted by molar-refractivity contribution is 5.91. The molecule has 2 aliphatic rings. The molecule has 3 N–H and O–H groups in total. The van der Waals surface area contributed by atoms with E-state index in [1.807, 2.05) is 6.92 Å². The van der Waals surface area contributed by atoms with Crippen LogP contribution in [0.5, 0.6) is 5.75 Å². The van der Waals surface area contributed by atoms with Gasteiger partial charge in [0.1, 0.15) is 5.75 Å². The fraction of sp³-hybridized carbons (Fsp3) is 0.500. The number of piperidine rings is 1. The van der Waals surface area contributed by atoms with Gasteiger partial charge in [-0.3, -0.25) is 9.59 Å². The third-order valence-electron chi connectivity index (χ3n) is 4.71. The lowest BCUT2D eigenvalue weighted by atomic mass is 9.92. The molecule has 3 rings (SSSR count). The normalized spacial score (nSPS) is 21.6. The highest BCUT2D eigenvalue weighted by Crippen LogP contribution is 2.28. The third kappa shape index (κ3) is 4.07. The summed E-state index contributed by atoms with van der Waals surface area (Å²) in [4.78, 5) is 37.5. The molecule has 8 nitrogen and oxygen atoms in total. The van der Waals surface area contributed by atoms with Crippen LogP contribution >= 0.6 is 0 Å². The van der Waals surface area contributed by atoms with Gasteiger partial charge in [-0.15, -0.1) is 0 Å². The fourth-order valence-electron chi connectivity index (χ4n) is 3.43. The maximum absolute atomic E-state index is 12.6. The van der Waals surface area contributed by atoms with Crippen LogP contribution in [0.2, 0.25) is 0 Å². The molecule has 26 heavy (non-hydrogen) atoms. The van der Waals surface area contributed by atoms with E-state index in [4.69, 9.17) is 4.74 Å². The van der Waals surface area contributed by atoms with E-state index >= 15 is 0 Å². The Labute approximate surface area is 152 Å². The first-order valence-electron chi connectivity index (χ1n) is 8.93. The number of rotatable bonds is 5. The maximum Gasteiger partial charge on any atom is 0.322 e. The number of hydrogen-bond donors (Lipinski definition) is 3. The second-order valence-corrected chi connectivity index (χ2v) is 6.45. The van der Waals surface area contributed by atoms with Crippen molar-refractivity contribution in [2.24, 2.45) is 5.92 Å². The van der Waals surface area contributed by atoms with Crippen LogP contribution in [0.25, 0.3) is 0 Å². The van der Waals surface area contributed by atoms with Gasteiger partial charge >= 0.3 is 6.03 Å². The zero-order valence-corrected chi connectivity index (χ0v) is 14.8. The van der Waals surface area contributed by atoms with E-state index in [2.05, 4.69) is 16.0 Å². The third-order valence-corrected chi connectivity index (χ3v) is 4.71. The van der Waals surface area contributed by atoms with Gasteiger partial charge in [-0.1, -0.05) is 0 Å². The van der Waals surface area contributed by atoms with Crippen LogP contribution in [0.15, 0.2) is 24.3 Å². The standard InChI is InChI=1S/C18H24N4O4/c1-2-19-16(23)11-26-13-7-5-12(6-8-13)21-18(25)22-9-3-4-14-15(22)10-20-17(14)24/h5-8,14-15H,2-4,9-11H2,1H3,(H,19,23)(H,20,24)(H,21,25)/t14-,15-/m1/s1. The minimum Gasteiger partial charge on any atom is -0.484 e. The van der Waals surface area contributed by atoms with Crippen molar-refractivity contribution in [3.63, 3.8) is 0 Å². The van der Waals surface area contributed by atoms with Crippen molar-refractivity contribution < 1.29 is 19.1 Å². The van der Waals surface area contributed by atoms with Crippen molar-refractivity contribution in [2.45, 2.75) is 25.8 Å². The quantitative estimate of drug-likeness (QED) is 0.728. The van der Waals surface area contributed by atoms with Gasteiger partial charge in [-0.25, -0.2) is 4.79 Å². The Hall–Kier alpha value is -2.77. The summed E-state index contributed by atoms with van der Waals surface area (Å²) < 4.78 is 5.38. The molecule has 2 fully saturated rings. The number of benzene rings is 1. The van der Waals surface area contributed by atoms with E-state index in [-0.39, 0.29) is 36.4 Å². The van der Waals surface area contributed by atoms with E-state index in [1.165, 1.54) is 0 Å². The topological polar surface area (TPSA) is 99.8 Å². The number of fused-ring (bicyclic) bond motifs is 1. The molecule has 0 saturated carbocycles. The van der Waals surface area contributed by atoms with E-state index in [1.54, 1.807) is 29.2 Å². The number of likely N-dealkylation sites (tertiary alicyclic amines) is 1. The lowest BCUT2D eigenvalue weighted by molar-refractivity contribution is -0.124. The molecule has 0 aliphatic carbocycles. The Morgan fingerprint density at radius 1 is 1.31 bits per heavy atom. The summed E-state index contributed by atoms with van der Waals surface area (Å²) in [6.45, 7) is 3.53. The smallest absolute Gasteiger partial charge is 0.322 e. The van der Waals surface area contributed by atoms with E-state index in [0.717, 1.165) is 12.8 Å². The van der Waals surface area contributed by atoms with E-state index < -0.39 is 0 Å². The molecule has 4 amide bonds. The van der Waals surface area contributed by atoms with Gasteiger partial charge in [-0.2, -0.15) is 0 Å². The van der Waals surface area contributed by atoms with Crippen molar-refractivity contribution in [1.29, 1.82) is 0 Å².